The number of carbonyl (C=O) groups is 2. The van der Waals surface area contributed by atoms with Crippen LogP contribution in [0.1, 0.15) is 25.6 Å². The summed E-state index contributed by atoms with van der Waals surface area (Å²) in [5.41, 5.74) is -0.600. The topological polar surface area (TPSA) is 66.4 Å². The Morgan fingerprint density at radius 2 is 1.52 bits per heavy atom. The molecule has 0 atom stereocenters. The third kappa shape index (κ3) is 3.78. The average molecular weight is 370 g/mol. The Morgan fingerprint density at radius 1 is 0.960 bits per heavy atom. The number of hydrogen-bond donors (Lipinski definition) is 0. The number of carbonyl (C=O) groups excluding carboxylic acids is 2. The van der Waals surface area contributed by atoms with Crippen LogP contribution in [0, 0.1) is 0 Å². The van der Waals surface area contributed by atoms with Gasteiger partial charge in [0.25, 0.3) is 11.8 Å². The van der Waals surface area contributed by atoms with Gasteiger partial charge in [0.15, 0.2) is 0 Å². The van der Waals surface area contributed by atoms with Crippen LogP contribution in [-0.4, -0.2) is 57.4 Å². The lowest BCUT2D eigenvalue weighted by molar-refractivity contribution is -0.137. The van der Waals surface area contributed by atoms with Crippen LogP contribution in [0.25, 0.3) is 0 Å². The van der Waals surface area contributed by atoms with Crippen molar-refractivity contribution in [1.82, 2.24) is 19.4 Å². The van der Waals surface area contributed by atoms with Crippen molar-refractivity contribution >= 4 is 23.3 Å². The van der Waals surface area contributed by atoms with Gasteiger partial charge in [-0.25, -0.2) is 0 Å². The molecule has 6 nitrogen and oxygen atoms in total. The minimum absolute atomic E-state index is 0.184. The molecule has 3 rings (SSSR count). The average Bonchev–Trinajstić information content (AvgIpc) is 3.14. The van der Waals surface area contributed by atoms with Crippen molar-refractivity contribution in [2.45, 2.75) is 6.18 Å². The van der Waals surface area contributed by atoms with E-state index in [1.807, 2.05) is 0 Å². The van der Waals surface area contributed by atoms with Crippen LogP contribution in [0.5, 0.6) is 0 Å². The van der Waals surface area contributed by atoms with Crippen molar-refractivity contribution in [1.29, 1.82) is 0 Å². The minimum atomic E-state index is -4.43. The van der Waals surface area contributed by atoms with Crippen LogP contribution < -0.4 is 0 Å². The molecule has 0 N–H and O–H groups in total. The quantitative estimate of drug-likeness (QED) is 0.813. The highest BCUT2D eigenvalue weighted by molar-refractivity contribution is 7.07. The smallest absolute Gasteiger partial charge is 0.335 e. The summed E-state index contributed by atoms with van der Waals surface area (Å²) >= 11 is 1.01. The SMILES string of the molecule is O=C(c1ccc(C(F)(F)F)cc1)N1CCN(C(=O)c2cnns2)CC1. The summed E-state index contributed by atoms with van der Waals surface area (Å²) in [6.07, 6.45) is -3.04. The molecule has 1 aromatic carbocycles. The molecule has 25 heavy (non-hydrogen) atoms. The van der Waals surface area contributed by atoms with Crippen LogP contribution in [0.4, 0.5) is 13.2 Å². The molecular weight excluding hydrogens is 357 g/mol. The van der Waals surface area contributed by atoms with Crippen molar-refractivity contribution in [3.8, 4) is 0 Å². The van der Waals surface area contributed by atoms with Crippen LogP contribution in [0.2, 0.25) is 0 Å². The lowest BCUT2D eigenvalue weighted by Gasteiger charge is -2.34. The maximum Gasteiger partial charge on any atom is 0.416 e. The van der Waals surface area contributed by atoms with Crippen molar-refractivity contribution < 1.29 is 22.8 Å². The van der Waals surface area contributed by atoms with E-state index < -0.39 is 11.7 Å². The zero-order valence-electron chi connectivity index (χ0n) is 12.9. The number of piperazine rings is 1. The Morgan fingerprint density at radius 3 is 2.00 bits per heavy atom. The van der Waals surface area contributed by atoms with Gasteiger partial charge in [0.05, 0.1) is 11.8 Å². The Labute approximate surface area is 145 Å². The van der Waals surface area contributed by atoms with Gasteiger partial charge < -0.3 is 9.80 Å². The first-order valence-corrected chi connectivity index (χ1v) is 8.17. The number of rotatable bonds is 2. The lowest BCUT2D eigenvalue weighted by atomic mass is 10.1. The Bertz CT molecular complexity index is 754. The standard InChI is InChI=1S/C15H13F3N4O2S/c16-15(17,18)11-3-1-10(2-4-11)13(23)21-5-7-22(8-6-21)14(24)12-9-19-20-25-12/h1-4,9H,5-8H2. The summed E-state index contributed by atoms with van der Waals surface area (Å²) in [5, 5.41) is 3.62. The van der Waals surface area contributed by atoms with Gasteiger partial charge in [-0.15, -0.1) is 5.10 Å². The van der Waals surface area contributed by atoms with Gasteiger partial charge in [0.1, 0.15) is 4.88 Å². The van der Waals surface area contributed by atoms with Gasteiger partial charge in [-0.3, -0.25) is 9.59 Å². The van der Waals surface area contributed by atoms with E-state index in [0.717, 1.165) is 23.7 Å². The number of alkyl halides is 3. The van der Waals surface area contributed by atoms with Crippen molar-refractivity contribution in [2.24, 2.45) is 0 Å². The van der Waals surface area contributed by atoms with E-state index in [2.05, 4.69) is 9.59 Å². The van der Waals surface area contributed by atoms with E-state index in [0.29, 0.717) is 31.1 Å². The predicted molar refractivity (Wildman–Crippen MR) is 83.2 cm³/mol. The Hall–Kier alpha value is -2.49. The van der Waals surface area contributed by atoms with Gasteiger partial charge in [-0.2, -0.15) is 13.2 Å². The second-order valence-electron chi connectivity index (χ2n) is 5.44. The molecule has 2 aromatic rings. The maximum atomic E-state index is 12.6. The molecule has 0 aliphatic carbocycles. The molecule has 0 unspecified atom stereocenters. The summed E-state index contributed by atoms with van der Waals surface area (Å²) in [5.74, 6) is -0.531. The first-order valence-electron chi connectivity index (χ1n) is 7.39. The summed E-state index contributed by atoms with van der Waals surface area (Å²) < 4.78 is 41.4. The summed E-state index contributed by atoms with van der Waals surface area (Å²) in [7, 11) is 0. The van der Waals surface area contributed by atoms with Crippen molar-refractivity contribution in [2.75, 3.05) is 26.2 Å². The zero-order chi connectivity index (χ0) is 18.0. The number of nitrogens with zero attached hydrogens (tertiary/aromatic N) is 4. The number of aromatic nitrogens is 2. The van der Waals surface area contributed by atoms with Gasteiger partial charge in [-0.05, 0) is 35.8 Å². The van der Waals surface area contributed by atoms with Crippen LogP contribution >= 0.6 is 11.5 Å². The van der Waals surface area contributed by atoms with Crippen LogP contribution in [-0.2, 0) is 6.18 Å². The Kier molecular flexibility index (Phi) is 4.71. The van der Waals surface area contributed by atoms with Gasteiger partial charge in [0.2, 0.25) is 0 Å². The zero-order valence-corrected chi connectivity index (χ0v) is 13.7. The fourth-order valence-electron chi connectivity index (χ4n) is 2.51. The Balaban J connectivity index is 1.61. The molecule has 0 spiro atoms. The predicted octanol–water partition coefficient (Wildman–Crippen LogP) is 2.16. The third-order valence-electron chi connectivity index (χ3n) is 3.89. The van der Waals surface area contributed by atoms with E-state index in [1.54, 1.807) is 4.90 Å². The number of halogens is 3. The largest absolute Gasteiger partial charge is 0.416 e. The molecule has 132 valence electrons. The summed E-state index contributed by atoms with van der Waals surface area (Å²) in [4.78, 5) is 28.1. The highest BCUT2D eigenvalue weighted by Gasteiger charge is 2.31. The number of hydrogen-bond acceptors (Lipinski definition) is 5. The molecule has 1 fully saturated rings. The molecule has 1 saturated heterocycles. The number of amides is 2. The highest BCUT2D eigenvalue weighted by Crippen LogP contribution is 2.29. The summed E-state index contributed by atoms with van der Waals surface area (Å²) in [6.45, 7) is 1.34. The van der Waals surface area contributed by atoms with Crippen molar-refractivity contribution in [3.63, 3.8) is 0 Å². The fraction of sp³-hybridized carbons (Fsp3) is 0.333. The van der Waals surface area contributed by atoms with Gasteiger partial charge in [0, 0.05) is 31.7 Å². The minimum Gasteiger partial charge on any atom is -0.335 e. The molecule has 0 bridgehead atoms. The molecule has 0 radical (unpaired) electrons. The molecule has 10 heteroatoms. The van der Waals surface area contributed by atoms with E-state index in [1.165, 1.54) is 23.2 Å². The van der Waals surface area contributed by atoms with E-state index in [9.17, 15) is 22.8 Å². The molecule has 1 aliphatic heterocycles. The van der Waals surface area contributed by atoms with E-state index in [-0.39, 0.29) is 17.4 Å². The molecule has 1 aromatic heterocycles. The molecular formula is C15H13F3N4O2S. The van der Waals surface area contributed by atoms with Gasteiger partial charge in [-0.1, -0.05) is 4.49 Å². The molecule has 1 aliphatic rings. The first-order chi connectivity index (χ1) is 11.9. The monoisotopic (exact) mass is 370 g/mol. The second kappa shape index (κ2) is 6.79. The lowest BCUT2D eigenvalue weighted by Crippen LogP contribution is -2.50. The van der Waals surface area contributed by atoms with Crippen LogP contribution in [0.3, 0.4) is 0 Å². The molecule has 2 heterocycles. The molecule has 0 saturated carbocycles. The highest BCUT2D eigenvalue weighted by atomic mass is 32.1. The third-order valence-corrected chi connectivity index (χ3v) is 4.54. The first kappa shape index (κ1) is 17.3. The normalized spacial score (nSPS) is 15.3. The van der Waals surface area contributed by atoms with Gasteiger partial charge >= 0.3 is 6.18 Å². The van der Waals surface area contributed by atoms with E-state index >= 15 is 0 Å². The molecule has 2 amide bonds. The maximum absolute atomic E-state index is 12.6. The second-order valence-corrected chi connectivity index (χ2v) is 6.23. The number of benzene rings is 1. The van der Waals surface area contributed by atoms with E-state index in [4.69, 9.17) is 0 Å². The fourth-order valence-corrected chi connectivity index (χ4v) is 3.00. The van der Waals surface area contributed by atoms with Crippen LogP contribution in [0.15, 0.2) is 30.5 Å². The van der Waals surface area contributed by atoms with Crippen molar-refractivity contribution in [3.05, 3.63) is 46.5 Å². The summed E-state index contributed by atoms with van der Waals surface area (Å²) in [6, 6.07) is 4.13.